The van der Waals surface area contributed by atoms with Crippen molar-refractivity contribution in [2.45, 2.75) is 66.2 Å². The Balaban J connectivity index is 1.80. The normalized spacial score (nSPS) is 47.1. The van der Waals surface area contributed by atoms with Gasteiger partial charge >= 0.3 is 0 Å². The van der Waals surface area contributed by atoms with Crippen LogP contribution in [0.1, 0.15) is 66.2 Å². The molecule has 0 aromatic carbocycles. The zero-order valence-corrected chi connectivity index (χ0v) is 15.8. The maximum Gasteiger partial charge on any atom is 0.190 e. The van der Waals surface area contributed by atoms with Crippen LogP contribution in [0.4, 0.5) is 0 Å². The van der Waals surface area contributed by atoms with Crippen LogP contribution in [0.5, 0.6) is 0 Å². The van der Waals surface area contributed by atoms with Crippen LogP contribution in [-0.4, -0.2) is 22.5 Å². The Bertz CT molecular complexity index is 719. The van der Waals surface area contributed by atoms with E-state index in [1.54, 1.807) is 0 Å². The van der Waals surface area contributed by atoms with Gasteiger partial charge in [0.1, 0.15) is 11.5 Å². The summed E-state index contributed by atoms with van der Waals surface area (Å²) in [4.78, 5) is 25.2. The van der Waals surface area contributed by atoms with Crippen molar-refractivity contribution in [3.8, 4) is 0 Å². The van der Waals surface area contributed by atoms with Crippen LogP contribution in [0.2, 0.25) is 0 Å². The van der Waals surface area contributed by atoms with Gasteiger partial charge in [-0.2, -0.15) is 0 Å². The number of carbonyl (C=O) groups is 2. The lowest BCUT2D eigenvalue weighted by Crippen LogP contribution is -2.56. The minimum Gasteiger partial charge on any atom is -0.411 e. The molecular weight excluding hydrogens is 314 g/mol. The lowest BCUT2D eigenvalue weighted by Gasteiger charge is -2.58. The second kappa shape index (κ2) is 5.05. The third-order valence-corrected chi connectivity index (χ3v) is 8.33. The summed E-state index contributed by atoms with van der Waals surface area (Å²) in [7, 11) is 0. The van der Waals surface area contributed by atoms with Crippen LogP contribution in [-0.2, 0) is 9.59 Å². The van der Waals surface area contributed by atoms with Gasteiger partial charge in [-0.25, -0.2) is 0 Å². The molecule has 136 valence electrons. The number of fused-ring (bicyclic) bond motifs is 5. The predicted octanol–water partition coefficient (Wildman–Crippen LogP) is 4.16. The molecule has 4 aliphatic carbocycles. The Morgan fingerprint density at radius 3 is 2.44 bits per heavy atom. The Kier molecular flexibility index (Phi) is 3.43. The number of ketones is 2. The Labute approximate surface area is 149 Å². The van der Waals surface area contributed by atoms with Gasteiger partial charge in [0.2, 0.25) is 0 Å². The second-order valence-electron chi connectivity index (χ2n) is 9.74. The molecule has 1 N–H and O–H groups in total. The van der Waals surface area contributed by atoms with E-state index in [1.165, 1.54) is 5.57 Å². The zero-order valence-electron chi connectivity index (χ0n) is 15.8. The summed E-state index contributed by atoms with van der Waals surface area (Å²) in [6, 6.07) is 0. The molecule has 0 aromatic rings. The Morgan fingerprint density at radius 1 is 1.08 bits per heavy atom. The summed E-state index contributed by atoms with van der Waals surface area (Å²) < 4.78 is 0. The molecule has 0 bridgehead atoms. The average Bonchev–Trinajstić information content (AvgIpc) is 2.86. The molecule has 0 aromatic heterocycles. The minimum atomic E-state index is -0.605. The monoisotopic (exact) mass is 343 g/mol. The molecule has 0 amide bonds. The van der Waals surface area contributed by atoms with Gasteiger partial charge in [-0.15, -0.1) is 0 Å². The lowest BCUT2D eigenvalue weighted by molar-refractivity contribution is -0.132. The van der Waals surface area contributed by atoms with Crippen LogP contribution in [0, 0.1) is 34.0 Å². The number of hydrogen-bond acceptors (Lipinski definition) is 4. The smallest absolute Gasteiger partial charge is 0.190 e. The summed E-state index contributed by atoms with van der Waals surface area (Å²) in [6.45, 7) is 8.38. The molecule has 4 aliphatic rings. The third-order valence-electron chi connectivity index (χ3n) is 8.33. The lowest BCUT2D eigenvalue weighted by atomic mass is 9.45. The maximum atomic E-state index is 12.7. The Morgan fingerprint density at radius 2 is 1.76 bits per heavy atom. The van der Waals surface area contributed by atoms with Gasteiger partial charge in [-0.1, -0.05) is 30.7 Å². The van der Waals surface area contributed by atoms with Gasteiger partial charge in [0.25, 0.3) is 0 Å². The molecule has 5 atom stereocenters. The van der Waals surface area contributed by atoms with Crippen molar-refractivity contribution in [3.63, 3.8) is 0 Å². The van der Waals surface area contributed by atoms with Crippen molar-refractivity contribution >= 4 is 17.3 Å². The molecular formula is C21H29NO3. The van der Waals surface area contributed by atoms with E-state index in [0.717, 1.165) is 32.1 Å². The second-order valence-corrected chi connectivity index (χ2v) is 9.74. The molecule has 0 heterocycles. The van der Waals surface area contributed by atoms with Gasteiger partial charge in [-0.05, 0) is 62.7 Å². The summed E-state index contributed by atoms with van der Waals surface area (Å²) in [5.41, 5.74) is 0.657. The maximum absolute atomic E-state index is 12.7. The molecule has 25 heavy (non-hydrogen) atoms. The summed E-state index contributed by atoms with van der Waals surface area (Å²) in [6.07, 6.45) is 7.52. The van der Waals surface area contributed by atoms with Gasteiger partial charge in [0.15, 0.2) is 5.78 Å². The molecule has 0 radical (unpaired) electrons. The van der Waals surface area contributed by atoms with E-state index < -0.39 is 5.41 Å². The van der Waals surface area contributed by atoms with Gasteiger partial charge in [0.05, 0.1) is 5.41 Å². The fourth-order valence-electron chi connectivity index (χ4n) is 7.05. The molecule has 0 unspecified atom stereocenters. The number of oxime groups is 1. The van der Waals surface area contributed by atoms with E-state index in [2.05, 4.69) is 25.1 Å². The predicted molar refractivity (Wildman–Crippen MR) is 95.5 cm³/mol. The summed E-state index contributed by atoms with van der Waals surface area (Å²) >= 11 is 0. The Hall–Kier alpha value is -1.45. The first-order valence-corrected chi connectivity index (χ1v) is 9.66. The van der Waals surface area contributed by atoms with Crippen molar-refractivity contribution in [1.29, 1.82) is 0 Å². The van der Waals surface area contributed by atoms with Crippen LogP contribution in [0.3, 0.4) is 0 Å². The largest absolute Gasteiger partial charge is 0.411 e. The van der Waals surface area contributed by atoms with Crippen molar-refractivity contribution in [2.75, 3.05) is 0 Å². The van der Waals surface area contributed by atoms with Crippen LogP contribution in [0.15, 0.2) is 16.8 Å². The van der Waals surface area contributed by atoms with E-state index in [-0.39, 0.29) is 16.6 Å². The fraction of sp³-hybridized carbons (Fsp3) is 0.762. The quantitative estimate of drug-likeness (QED) is 0.408. The number of allylic oxidation sites excluding steroid dienone is 2. The first kappa shape index (κ1) is 17.0. The first-order chi connectivity index (χ1) is 11.7. The summed E-state index contributed by atoms with van der Waals surface area (Å²) in [5, 5.41) is 12.8. The molecule has 3 saturated carbocycles. The van der Waals surface area contributed by atoms with Gasteiger partial charge in [0, 0.05) is 18.3 Å². The van der Waals surface area contributed by atoms with Gasteiger partial charge in [-0.3, -0.25) is 9.59 Å². The number of Topliss-reactive ketones (excluding diaryl/α,β-unsaturated/α-hetero) is 2. The number of rotatable bonds is 0. The van der Waals surface area contributed by atoms with Crippen molar-refractivity contribution in [1.82, 2.24) is 0 Å². The van der Waals surface area contributed by atoms with Crippen molar-refractivity contribution in [2.24, 2.45) is 39.2 Å². The van der Waals surface area contributed by atoms with E-state index >= 15 is 0 Å². The molecule has 4 nitrogen and oxygen atoms in total. The highest BCUT2D eigenvalue weighted by atomic mass is 16.4. The van der Waals surface area contributed by atoms with Crippen LogP contribution in [0.25, 0.3) is 0 Å². The highest BCUT2D eigenvalue weighted by Gasteiger charge is 2.62. The molecule has 3 fully saturated rings. The minimum absolute atomic E-state index is 0.0473. The number of hydrogen-bond donors (Lipinski definition) is 1. The van der Waals surface area contributed by atoms with Crippen molar-refractivity contribution < 1.29 is 14.8 Å². The van der Waals surface area contributed by atoms with E-state index in [9.17, 15) is 14.8 Å². The molecule has 0 spiro atoms. The van der Waals surface area contributed by atoms with E-state index in [4.69, 9.17) is 0 Å². The van der Waals surface area contributed by atoms with Crippen LogP contribution >= 0.6 is 0 Å². The summed E-state index contributed by atoms with van der Waals surface area (Å²) in [5.74, 6) is 1.83. The highest BCUT2D eigenvalue weighted by molar-refractivity contribution is 6.43. The molecule has 0 saturated heterocycles. The van der Waals surface area contributed by atoms with Crippen LogP contribution < -0.4 is 0 Å². The third kappa shape index (κ3) is 1.97. The SMILES string of the molecule is CC1(C)C(=O)/C(=N\O)C[C@@]2(C)C1=CC[C@@H]1[C@@H]2CC[C@]2(C)C(=O)CC[C@@H]12. The molecule has 4 rings (SSSR count). The van der Waals surface area contributed by atoms with E-state index in [1.807, 2.05) is 13.8 Å². The molecule has 4 heteroatoms. The fourth-order valence-corrected chi connectivity index (χ4v) is 7.05. The average molecular weight is 343 g/mol. The first-order valence-electron chi connectivity index (χ1n) is 9.66. The highest BCUT2D eigenvalue weighted by Crippen LogP contribution is 2.65. The van der Waals surface area contributed by atoms with Crippen molar-refractivity contribution in [3.05, 3.63) is 11.6 Å². The number of nitrogens with zero attached hydrogens (tertiary/aromatic N) is 1. The zero-order chi connectivity index (χ0) is 18.2. The van der Waals surface area contributed by atoms with E-state index in [0.29, 0.717) is 35.7 Å². The standard InChI is InChI=1S/C21H29NO3/c1-19(2)16-7-5-12-13-6-8-17(23)20(13,3)10-9-14(12)21(16,4)11-15(22-25)18(19)24/h7,12-14,25H,5-6,8-11H2,1-4H3/b22-15-/t12-,13-,14-,20-,21+/m0/s1. The number of carbonyl (C=O) groups excluding carboxylic acids is 2. The van der Waals surface area contributed by atoms with Gasteiger partial charge < -0.3 is 5.21 Å². The topological polar surface area (TPSA) is 66.7 Å². The molecule has 0 aliphatic heterocycles.